The van der Waals surface area contributed by atoms with E-state index in [9.17, 15) is 4.79 Å². The normalized spacial score (nSPS) is 18.9. The first kappa shape index (κ1) is 12.2. The second-order valence-electron chi connectivity index (χ2n) is 6.29. The highest BCUT2D eigenvalue weighted by atomic mass is 16.1. The van der Waals surface area contributed by atoms with E-state index in [-0.39, 0.29) is 5.56 Å². The van der Waals surface area contributed by atoms with Gasteiger partial charge in [0, 0.05) is 23.7 Å². The van der Waals surface area contributed by atoms with E-state index < -0.39 is 0 Å². The topological polar surface area (TPSA) is 44.9 Å². The van der Waals surface area contributed by atoms with Crippen LogP contribution >= 0.6 is 0 Å². The molecule has 2 aliphatic carbocycles. The van der Waals surface area contributed by atoms with Gasteiger partial charge in [0.1, 0.15) is 0 Å². The molecule has 1 heterocycles. The van der Waals surface area contributed by atoms with Gasteiger partial charge in [-0.05, 0) is 55.0 Å². The van der Waals surface area contributed by atoms with Gasteiger partial charge in [-0.2, -0.15) is 0 Å². The molecule has 0 bridgehead atoms. The Morgan fingerprint density at radius 1 is 1.15 bits per heavy atom. The summed E-state index contributed by atoms with van der Waals surface area (Å²) in [4.78, 5) is 15.1. The summed E-state index contributed by atoms with van der Waals surface area (Å²) in [5, 5.41) is 4.75. The van der Waals surface area contributed by atoms with Gasteiger partial charge in [0.2, 0.25) is 0 Å². The van der Waals surface area contributed by atoms with Crippen LogP contribution in [0.5, 0.6) is 0 Å². The minimum absolute atomic E-state index is 0.0431. The van der Waals surface area contributed by atoms with Gasteiger partial charge in [-0.1, -0.05) is 18.2 Å². The molecule has 0 radical (unpaired) electrons. The summed E-state index contributed by atoms with van der Waals surface area (Å²) in [6.07, 6.45) is 5.45. The summed E-state index contributed by atoms with van der Waals surface area (Å²) >= 11 is 0. The van der Waals surface area contributed by atoms with Gasteiger partial charge in [-0.3, -0.25) is 4.79 Å². The third kappa shape index (κ3) is 2.38. The van der Waals surface area contributed by atoms with E-state index in [2.05, 4.69) is 10.3 Å². The highest BCUT2D eigenvalue weighted by Crippen LogP contribution is 2.44. The summed E-state index contributed by atoms with van der Waals surface area (Å²) in [5.41, 5.74) is 1.82. The summed E-state index contributed by atoms with van der Waals surface area (Å²) in [7, 11) is 0. The molecule has 0 atom stereocenters. The maximum absolute atomic E-state index is 12.1. The van der Waals surface area contributed by atoms with Crippen LogP contribution in [-0.4, -0.2) is 11.0 Å². The Morgan fingerprint density at radius 3 is 2.55 bits per heavy atom. The lowest BCUT2D eigenvalue weighted by atomic mass is 10.1. The minimum atomic E-state index is 0.0431. The van der Waals surface area contributed by atoms with Gasteiger partial charge in [-0.25, -0.2) is 0 Å². The fraction of sp³-hybridized carbons (Fsp3) is 0.471. The quantitative estimate of drug-likeness (QED) is 0.876. The van der Waals surface area contributed by atoms with E-state index in [1.54, 1.807) is 0 Å². The smallest absolute Gasteiger partial charge is 0.252 e. The van der Waals surface area contributed by atoms with Crippen LogP contribution in [0.2, 0.25) is 0 Å². The molecular weight excluding hydrogens is 248 g/mol. The third-order valence-electron chi connectivity index (χ3n) is 4.62. The summed E-state index contributed by atoms with van der Waals surface area (Å²) in [6, 6.07) is 10.6. The van der Waals surface area contributed by atoms with Crippen LogP contribution in [0.1, 0.15) is 31.2 Å². The summed E-state index contributed by atoms with van der Waals surface area (Å²) in [6.45, 7) is 0.692. The van der Waals surface area contributed by atoms with Gasteiger partial charge in [0.05, 0.1) is 0 Å². The zero-order chi connectivity index (χ0) is 13.5. The number of H-pyrrole nitrogens is 1. The second kappa shape index (κ2) is 4.74. The largest absolute Gasteiger partial charge is 0.322 e. The molecule has 0 unspecified atom stereocenters. The first-order valence-corrected chi connectivity index (χ1v) is 7.65. The highest BCUT2D eigenvalue weighted by molar-refractivity contribution is 5.78. The van der Waals surface area contributed by atoms with Gasteiger partial charge in [0.25, 0.3) is 5.56 Å². The van der Waals surface area contributed by atoms with E-state index in [1.807, 2.05) is 30.3 Å². The van der Waals surface area contributed by atoms with Crippen molar-refractivity contribution in [1.82, 2.24) is 10.3 Å². The van der Waals surface area contributed by atoms with Gasteiger partial charge in [-0.15, -0.1) is 0 Å². The Morgan fingerprint density at radius 2 is 1.85 bits per heavy atom. The van der Waals surface area contributed by atoms with Crippen molar-refractivity contribution in [3.63, 3.8) is 0 Å². The molecular formula is C17H20N2O. The SMILES string of the molecule is O=c1[nH]c2ccccc2cc1CNC(C1CC1)C1CC1. The van der Waals surface area contributed by atoms with Crippen molar-refractivity contribution in [1.29, 1.82) is 0 Å². The molecule has 3 heteroatoms. The van der Waals surface area contributed by atoms with E-state index in [4.69, 9.17) is 0 Å². The number of nitrogens with one attached hydrogen (secondary N) is 2. The van der Waals surface area contributed by atoms with Crippen LogP contribution in [0.15, 0.2) is 35.1 Å². The molecule has 20 heavy (non-hydrogen) atoms. The van der Waals surface area contributed by atoms with E-state index in [1.165, 1.54) is 25.7 Å². The van der Waals surface area contributed by atoms with E-state index in [0.29, 0.717) is 12.6 Å². The van der Waals surface area contributed by atoms with Crippen molar-refractivity contribution in [3.8, 4) is 0 Å². The Kier molecular flexibility index (Phi) is 2.88. The number of benzene rings is 1. The Balaban J connectivity index is 1.55. The van der Waals surface area contributed by atoms with Crippen molar-refractivity contribution >= 4 is 10.9 Å². The standard InChI is InChI=1S/C17H20N2O/c20-17-14(9-13-3-1-2-4-15(13)19-17)10-18-16(11-5-6-11)12-7-8-12/h1-4,9,11-12,16,18H,5-8,10H2,(H,19,20). The minimum Gasteiger partial charge on any atom is -0.322 e. The molecule has 2 aliphatic rings. The first-order chi connectivity index (χ1) is 9.81. The molecule has 2 N–H and O–H groups in total. The third-order valence-corrected chi connectivity index (χ3v) is 4.62. The molecule has 0 aliphatic heterocycles. The Hall–Kier alpha value is -1.61. The molecule has 104 valence electrons. The van der Waals surface area contributed by atoms with Crippen LogP contribution < -0.4 is 10.9 Å². The number of rotatable bonds is 5. The van der Waals surface area contributed by atoms with Gasteiger partial charge < -0.3 is 10.3 Å². The van der Waals surface area contributed by atoms with Crippen molar-refractivity contribution < 1.29 is 0 Å². The lowest BCUT2D eigenvalue weighted by Crippen LogP contribution is -2.34. The Bertz CT molecular complexity index is 671. The predicted molar refractivity (Wildman–Crippen MR) is 80.6 cm³/mol. The highest BCUT2D eigenvalue weighted by Gasteiger charge is 2.40. The number of aromatic nitrogens is 1. The maximum atomic E-state index is 12.1. The van der Waals surface area contributed by atoms with Gasteiger partial charge in [0.15, 0.2) is 0 Å². The average Bonchev–Trinajstić information content (AvgIpc) is 3.33. The average molecular weight is 268 g/mol. The maximum Gasteiger partial charge on any atom is 0.252 e. The van der Waals surface area contributed by atoms with Crippen molar-refractivity contribution in [2.24, 2.45) is 11.8 Å². The van der Waals surface area contributed by atoms with Crippen molar-refractivity contribution in [2.75, 3.05) is 0 Å². The number of pyridine rings is 1. The van der Waals surface area contributed by atoms with Crippen LogP contribution in [0.3, 0.4) is 0 Å². The second-order valence-corrected chi connectivity index (χ2v) is 6.29. The number of hydrogen-bond donors (Lipinski definition) is 2. The number of fused-ring (bicyclic) bond motifs is 1. The fourth-order valence-corrected chi connectivity index (χ4v) is 3.18. The van der Waals surface area contributed by atoms with E-state index in [0.717, 1.165) is 28.3 Å². The monoisotopic (exact) mass is 268 g/mol. The van der Waals surface area contributed by atoms with Crippen LogP contribution in [0, 0.1) is 11.8 Å². The molecule has 2 saturated carbocycles. The predicted octanol–water partition coefficient (Wildman–Crippen LogP) is 2.81. The number of para-hydroxylation sites is 1. The fourth-order valence-electron chi connectivity index (χ4n) is 3.18. The molecule has 0 saturated heterocycles. The molecule has 3 nitrogen and oxygen atoms in total. The molecule has 0 amide bonds. The molecule has 1 aromatic heterocycles. The lowest BCUT2D eigenvalue weighted by Gasteiger charge is -2.17. The lowest BCUT2D eigenvalue weighted by molar-refractivity contribution is 0.415. The number of hydrogen-bond acceptors (Lipinski definition) is 2. The van der Waals surface area contributed by atoms with Gasteiger partial charge >= 0.3 is 0 Å². The van der Waals surface area contributed by atoms with Crippen molar-refractivity contribution in [3.05, 3.63) is 46.2 Å². The zero-order valence-corrected chi connectivity index (χ0v) is 11.6. The summed E-state index contributed by atoms with van der Waals surface area (Å²) < 4.78 is 0. The zero-order valence-electron chi connectivity index (χ0n) is 11.6. The van der Waals surface area contributed by atoms with Crippen molar-refractivity contribution in [2.45, 2.75) is 38.3 Å². The number of aromatic amines is 1. The Labute approximate surface area is 118 Å². The van der Waals surface area contributed by atoms with E-state index >= 15 is 0 Å². The van der Waals surface area contributed by atoms with Crippen LogP contribution in [0.25, 0.3) is 10.9 Å². The first-order valence-electron chi connectivity index (χ1n) is 7.65. The molecule has 2 aromatic rings. The summed E-state index contributed by atoms with van der Waals surface area (Å²) in [5.74, 6) is 1.73. The van der Waals surface area contributed by atoms with Crippen LogP contribution in [0.4, 0.5) is 0 Å². The van der Waals surface area contributed by atoms with Crippen LogP contribution in [-0.2, 0) is 6.54 Å². The molecule has 4 rings (SSSR count). The molecule has 0 spiro atoms. The molecule has 1 aromatic carbocycles. The molecule has 2 fully saturated rings.